The second kappa shape index (κ2) is 4.53. The number of halogens is 1. The number of nitrogens with zero attached hydrogens (tertiary/aromatic N) is 4. The predicted molar refractivity (Wildman–Crippen MR) is 67.2 cm³/mol. The van der Waals surface area contributed by atoms with Crippen molar-refractivity contribution < 1.29 is 4.39 Å². The molecule has 0 spiro atoms. The van der Waals surface area contributed by atoms with E-state index in [9.17, 15) is 4.39 Å². The van der Waals surface area contributed by atoms with Crippen LogP contribution in [0.4, 0.5) is 10.3 Å². The molecule has 5 nitrogen and oxygen atoms in total. The molecule has 1 saturated heterocycles. The standard InChI is InChI=1S/C12H16FN5/c1-14-6-9-4-5-17(7-9)12-15-11-3-2-10(13)8-18(11)16-12/h2-3,8-9,14H,4-7H2,1H3. The van der Waals surface area contributed by atoms with E-state index < -0.39 is 0 Å². The minimum absolute atomic E-state index is 0.298. The summed E-state index contributed by atoms with van der Waals surface area (Å²) >= 11 is 0. The predicted octanol–water partition coefficient (Wildman–Crippen LogP) is 0.914. The van der Waals surface area contributed by atoms with Gasteiger partial charge in [-0.1, -0.05) is 0 Å². The van der Waals surface area contributed by atoms with Crippen molar-refractivity contribution >= 4 is 11.6 Å². The van der Waals surface area contributed by atoms with Crippen LogP contribution in [0.15, 0.2) is 18.3 Å². The Labute approximate surface area is 105 Å². The quantitative estimate of drug-likeness (QED) is 0.878. The largest absolute Gasteiger partial charge is 0.339 e. The monoisotopic (exact) mass is 249 g/mol. The number of aromatic nitrogens is 3. The van der Waals surface area contributed by atoms with Crippen LogP contribution in [0.3, 0.4) is 0 Å². The second-order valence-electron chi connectivity index (χ2n) is 4.72. The zero-order valence-electron chi connectivity index (χ0n) is 10.3. The average Bonchev–Trinajstić information content (AvgIpc) is 2.94. The summed E-state index contributed by atoms with van der Waals surface area (Å²) in [7, 11) is 1.97. The molecule has 1 aliphatic heterocycles. The lowest BCUT2D eigenvalue weighted by Gasteiger charge is -2.13. The number of pyridine rings is 1. The van der Waals surface area contributed by atoms with Crippen molar-refractivity contribution in [1.82, 2.24) is 19.9 Å². The van der Waals surface area contributed by atoms with Crippen LogP contribution in [0, 0.1) is 11.7 Å². The van der Waals surface area contributed by atoms with Crippen molar-refractivity contribution in [2.75, 3.05) is 31.6 Å². The summed E-state index contributed by atoms with van der Waals surface area (Å²) in [5, 5.41) is 7.51. The molecule has 1 aliphatic rings. The maximum Gasteiger partial charge on any atom is 0.245 e. The molecule has 0 aliphatic carbocycles. The van der Waals surface area contributed by atoms with Crippen molar-refractivity contribution in [3.8, 4) is 0 Å². The Morgan fingerprint density at radius 2 is 2.39 bits per heavy atom. The van der Waals surface area contributed by atoms with Gasteiger partial charge in [0.1, 0.15) is 5.82 Å². The lowest BCUT2D eigenvalue weighted by atomic mass is 10.1. The molecular weight excluding hydrogens is 233 g/mol. The molecule has 1 atom stereocenters. The molecule has 0 saturated carbocycles. The molecule has 6 heteroatoms. The van der Waals surface area contributed by atoms with Crippen molar-refractivity contribution in [1.29, 1.82) is 0 Å². The third kappa shape index (κ3) is 2.03. The smallest absolute Gasteiger partial charge is 0.245 e. The zero-order chi connectivity index (χ0) is 12.5. The first-order valence-electron chi connectivity index (χ1n) is 6.18. The molecule has 96 valence electrons. The number of nitrogens with one attached hydrogen (secondary N) is 1. The van der Waals surface area contributed by atoms with E-state index in [1.807, 2.05) is 7.05 Å². The van der Waals surface area contributed by atoms with Crippen LogP contribution < -0.4 is 10.2 Å². The highest BCUT2D eigenvalue weighted by atomic mass is 19.1. The van der Waals surface area contributed by atoms with E-state index in [1.165, 1.54) is 16.8 Å². The van der Waals surface area contributed by atoms with Crippen LogP contribution in [-0.4, -0.2) is 41.3 Å². The highest BCUT2D eigenvalue weighted by Crippen LogP contribution is 2.21. The molecular formula is C12H16FN5. The molecule has 1 fully saturated rings. The van der Waals surface area contributed by atoms with E-state index in [0.29, 0.717) is 17.5 Å². The number of fused-ring (bicyclic) bond motifs is 1. The Hall–Kier alpha value is -1.69. The first-order valence-corrected chi connectivity index (χ1v) is 6.18. The van der Waals surface area contributed by atoms with Gasteiger partial charge in [-0.15, -0.1) is 5.10 Å². The van der Waals surface area contributed by atoms with Crippen molar-refractivity contribution in [3.63, 3.8) is 0 Å². The van der Waals surface area contributed by atoms with Gasteiger partial charge < -0.3 is 10.2 Å². The molecule has 3 heterocycles. The van der Waals surface area contributed by atoms with Crippen LogP contribution >= 0.6 is 0 Å². The van der Waals surface area contributed by atoms with E-state index in [0.717, 1.165) is 26.1 Å². The molecule has 0 aromatic carbocycles. The fourth-order valence-corrected chi connectivity index (χ4v) is 2.45. The maximum atomic E-state index is 13.1. The Bertz CT molecular complexity index is 552. The SMILES string of the molecule is CNCC1CCN(c2nc3ccc(F)cn3n2)C1. The highest BCUT2D eigenvalue weighted by Gasteiger charge is 2.24. The summed E-state index contributed by atoms with van der Waals surface area (Å²) in [5.74, 6) is 1.03. The summed E-state index contributed by atoms with van der Waals surface area (Å²) in [5.41, 5.74) is 0.684. The van der Waals surface area contributed by atoms with Crippen molar-refractivity contribution in [2.45, 2.75) is 6.42 Å². The molecule has 0 bridgehead atoms. The van der Waals surface area contributed by atoms with Crippen LogP contribution in [0.1, 0.15) is 6.42 Å². The van der Waals surface area contributed by atoms with Crippen molar-refractivity contribution in [3.05, 3.63) is 24.1 Å². The third-order valence-electron chi connectivity index (χ3n) is 3.35. The summed E-state index contributed by atoms with van der Waals surface area (Å²) < 4.78 is 14.6. The lowest BCUT2D eigenvalue weighted by molar-refractivity contribution is 0.548. The Kier molecular flexibility index (Phi) is 2.87. The van der Waals surface area contributed by atoms with Gasteiger partial charge in [0.2, 0.25) is 5.95 Å². The van der Waals surface area contributed by atoms with E-state index >= 15 is 0 Å². The van der Waals surface area contributed by atoms with Gasteiger partial charge in [-0.2, -0.15) is 4.98 Å². The second-order valence-corrected chi connectivity index (χ2v) is 4.72. The van der Waals surface area contributed by atoms with E-state index in [2.05, 4.69) is 20.3 Å². The Morgan fingerprint density at radius 1 is 1.50 bits per heavy atom. The fraction of sp³-hybridized carbons (Fsp3) is 0.500. The lowest BCUT2D eigenvalue weighted by Crippen LogP contribution is -2.25. The van der Waals surface area contributed by atoms with Crippen LogP contribution in [0.5, 0.6) is 0 Å². The molecule has 0 radical (unpaired) electrons. The van der Waals surface area contributed by atoms with Crippen molar-refractivity contribution in [2.24, 2.45) is 5.92 Å². The van der Waals surface area contributed by atoms with Gasteiger partial charge >= 0.3 is 0 Å². The molecule has 2 aromatic heterocycles. The van der Waals surface area contributed by atoms with Gasteiger partial charge in [0.15, 0.2) is 5.65 Å². The average molecular weight is 249 g/mol. The van der Waals surface area contributed by atoms with E-state index in [1.54, 1.807) is 6.07 Å². The third-order valence-corrected chi connectivity index (χ3v) is 3.35. The fourth-order valence-electron chi connectivity index (χ4n) is 2.45. The summed E-state index contributed by atoms with van der Waals surface area (Å²) in [6.45, 7) is 2.93. The molecule has 2 aromatic rings. The van der Waals surface area contributed by atoms with E-state index in [-0.39, 0.29) is 5.82 Å². The first kappa shape index (κ1) is 11.4. The van der Waals surface area contributed by atoms with Gasteiger partial charge in [-0.05, 0) is 38.1 Å². The molecule has 3 rings (SSSR count). The first-order chi connectivity index (χ1) is 8.76. The maximum absolute atomic E-state index is 13.1. The van der Waals surface area contributed by atoms with Gasteiger partial charge in [-0.3, -0.25) is 0 Å². The minimum Gasteiger partial charge on any atom is -0.339 e. The number of hydrogen-bond donors (Lipinski definition) is 1. The molecule has 1 unspecified atom stereocenters. The van der Waals surface area contributed by atoms with Gasteiger partial charge in [0.25, 0.3) is 0 Å². The topological polar surface area (TPSA) is 45.5 Å². The van der Waals surface area contributed by atoms with Gasteiger partial charge in [0.05, 0.1) is 6.20 Å². The zero-order valence-corrected chi connectivity index (χ0v) is 10.3. The van der Waals surface area contributed by atoms with Crippen LogP contribution in [0.25, 0.3) is 5.65 Å². The van der Waals surface area contributed by atoms with E-state index in [4.69, 9.17) is 0 Å². The Morgan fingerprint density at radius 3 is 3.22 bits per heavy atom. The van der Waals surface area contributed by atoms with Gasteiger partial charge in [0, 0.05) is 13.1 Å². The number of hydrogen-bond acceptors (Lipinski definition) is 4. The minimum atomic E-state index is -0.298. The van der Waals surface area contributed by atoms with Gasteiger partial charge in [-0.25, -0.2) is 8.91 Å². The Balaban J connectivity index is 1.82. The number of anilines is 1. The number of rotatable bonds is 3. The summed E-state index contributed by atoms with van der Waals surface area (Å²) in [6.07, 6.45) is 2.50. The normalized spacial score (nSPS) is 19.9. The summed E-state index contributed by atoms with van der Waals surface area (Å²) in [6, 6.07) is 3.05. The van der Waals surface area contributed by atoms with Crippen LogP contribution in [0.2, 0.25) is 0 Å². The van der Waals surface area contributed by atoms with Crippen LogP contribution in [-0.2, 0) is 0 Å². The highest BCUT2D eigenvalue weighted by molar-refractivity contribution is 5.45. The molecule has 0 amide bonds. The summed E-state index contributed by atoms with van der Waals surface area (Å²) in [4.78, 5) is 6.58. The molecule has 18 heavy (non-hydrogen) atoms. The molecule has 1 N–H and O–H groups in total.